The number of aliphatic hydroxyl groups is 1. The molecule has 3 atom stereocenters. The van der Waals surface area contributed by atoms with Crippen LogP contribution in [-0.4, -0.2) is 59.4 Å². The van der Waals surface area contributed by atoms with Gasteiger partial charge in [-0.25, -0.2) is 4.79 Å². The summed E-state index contributed by atoms with van der Waals surface area (Å²) >= 11 is 0. The summed E-state index contributed by atoms with van der Waals surface area (Å²) in [7, 11) is 0. The Kier molecular flexibility index (Phi) is 4.43. The molecule has 158 valence electrons. The molecule has 30 heavy (non-hydrogen) atoms. The Balaban J connectivity index is 1.34. The summed E-state index contributed by atoms with van der Waals surface area (Å²) in [6.07, 6.45) is -0.838. The van der Waals surface area contributed by atoms with Crippen molar-refractivity contribution in [2.45, 2.75) is 50.2 Å². The highest BCUT2D eigenvalue weighted by molar-refractivity contribution is 5.79. The molecular formula is C24H27NO5. The van der Waals surface area contributed by atoms with E-state index in [2.05, 4.69) is 24.3 Å². The van der Waals surface area contributed by atoms with Gasteiger partial charge in [0.05, 0.1) is 19.2 Å². The molecule has 0 spiro atoms. The fourth-order valence-electron chi connectivity index (χ4n) is 5.37. The van der Waals surface area contributed by atoms with Crippen LogP contribution in [0.25, 0.3) is 11.1 Å². The lowest BCUT2D eigenvalue weighted by Gasteiger charge is -2.29. The number of likely N-dealkylation sites (tertiary alicyclic amines) is 1. The Labute approximate surface area is 176 Å². The van der Waals surface area contributed by atoms with Crippen LogP contribution in [-0.2, 0) is 14.2 Å². The van der Waals surface area contributed by atoms with E-state index in [1.165, 1.54) is 22.3 Å². The lowest BCUT2D eigenvalue weighted by atomic mass is 9.98. The minimum atomic E-state index is -0.736. The molecule has 1 aliphatic carbocycles. The highest BCUT2D eigenvalue weighted by Crippen LogP contribution is 2.46. The zero-order valence-corrected chi connectivity index (χ0v) is 17.5. The van der Waals surface area contributed by atoms with Gasteiger partial charge >= 0.3 is 6.09 Å². The fourth-order valence-corrected chi connectivity index (χ4v) is 5.37. The topological polar surface area (TPSA) is 68.2 Å². The second kappa shape index (κ2) is 6.80. The van der Waals surface area contributed by atoms with Crippen LogP contribution in [0.15, 0.2) is 48.5 Å². The van der Waals surface area contributed by atoms with Gasteiger partial charge in [0.15, 0.2) is 5.79 Å². The van der Waals surface area contributed by atoms with Crippen molar-refractivity contribution >= 4 is 6.09 Å². The van der Waals surface area contributed by atoms with E-state index >= 15 is 0 Å². The van der Waals surface area contributed by atoms with Crippen LogP contribution in [0, 0.1) is 0 Å². The number of fused-ring (bicyclic) bond motifs is 4. The van der Waals surface area contributed by atoms with Crippen LogP contribution in [0.5, 0.6) is 0 Å². The quantitative estimate of drug-likeness (QED) is 0.840. The van der Waals surface area contributed by atoms with Gasteiger partial charge in [-0.1, -0.05) is 48.5 Å². The van der Waals surface area contributed by atoms with Crippen molar-refractivity contribution in [3.63, 3.8) is 0 Å². The molecular weight excluding hydrogens is 382 g/mol. The summed E-state index contributed by atoms with van der Waals surface area (Å²) in [5.41, 5.74) is 4.06. The van der Waals surface area contributed by atoms with E-state index in [0.29, 0.717) is 6.54 Å². The van der Waals surface area contributed by atoms with Gasteiger partial charge < -0.3 is 19.3 Å². The van der Waals surface area contributed by atoms with Gasteiger partial charge in [-0.3, -0.25) is 4.90 Å². The Morgan fingerprint density at radius 1 is 1.10 bits per heavy atom. The van der Waals surface area contributed by atoms with Crippen molar-refractivity contribution in [1.82, 2.24) is 4.90 Å². The Morgan fingerprint density at radius 3 is 2.30 bits per heavy atom. The third-order valence-corrected chi connectivity index (χ3v) is 6.48. The van der Waals surface area contributed by atoms with Crippen LogP contribution in [0.1, 0.15) is 37.8 Å². The largest absolute Gasteiger partial charge is 0.448 e. The van der Waals surface area contributed by atoms with Gasteiger partial charge in [0, 0.05) is 5.92 Å². The van der Waals surface area contributed by atoms with Gasteiger partial charge in [-0.2, -0.15) is 0 Å². The normalized spacial score (nSPS) is 28.9. The molecule has 2 aromatic carbocycles. The van der Waals surface area contributed by atoms with Crippen molar-refractivity contribution in [2.24, 2.45) is 0 Å². The molecule has 6 heteroatoms. The number of nitrogens with zero attached hydrogens (tertiary/aromatic N) is 1. The molecule has 1 amide bonds. The molecule has 1 N–H and O–H groups in total. The smallest absolute Gasteiger partial charge is 0.410 e. The maximum absolute atomic E-state index is 13.0. The molecule has 5 rings (SSSR count). The number of amides is 1. The SMILES string of the molecule is CC1(C)O[C@@H]2[C@@H](CO)N(C(=O)OCC3c4ccccc4-c4ccccc43)C[C@]2(C)O1. The average molecular weight is 409 g/mol. The number of rotatable bonds is 3. The zero-order valence-electron chi connectivity index (χ0n) is 17.5. The molecule has 0 aromatic heterocycles. The van der Waals surface area contributed by atoms with Crippen LogP contribution in [0.2, 0.25) is 0 Å². The average Bonchev–Trinajstić information content (AvgIpc) is 3.26. The molecule has 0 unspecified atom stereocenters. The van der Waals surface area contributed by atoms with E-state index in [4.69, 9.17) is 14.2 Å². The standard InChI is InChI=1S/C24H27NO5/c1-23(2)29-21-20(12-26)25(14-24(21,3)30-23)22(27)28-13-19-17-10-6-4-8-15(17)16-9-5-7-11-18(16)19/h4-11,19-21,26H,12-14H2,1-3H3/t20-,21-,24+/m1/s1. The first-order valence-electron chi connectivity index (χ1n) is 10.4. The summed E-state index contributed by atoms with van der Waals surface area (Å²) in [5, 5.41) is 9.97. The van der Waals surface area contributed by atoms with Gasteiger partial charge in [-0.15, -0.1) is 0 Å². The summed E-state index contributed by atoms with van der Waals surface area (Å²) in [6.45, 7) is 5.99. The molecule has 2 fully saturated rings. The number of ether oxygens (including phenoxy) is 3. The highest BCUT2D eigenvalue weighted by atomic mass is 16.8. The predicted octanol–water partition coefficient (Wildman–Crippen LogP) is 3.52. The van der Waals surface area contributed by atoms with Crippen LogP contribution in [0.3, 0.4) is 0 Å². The summed E-state index contributed by atoms with van der Waals surface area (Å²) in [4.78, 5) is 14.6. The minimum absolute atomic E-state index is 0.00181. The third-order valence-electron chi connectivity index (χ3n) is 6.48. The van der Waals surface area contributed by atoms with Crippen molar-refractivity contribution < 1.29 is 24.1 Å². The number of hydrogen-bond acceptors (Lipinski definition) is 5. The predicted molar refractivity (Wildman–Crippen MR) is 111 cm³/mol. The molecule has 2 aliphatic heterocycles. The van der Waals surface area contributed by atoms with E-state index in [9.17, 15) is 9.90 Å². The molecule has 6 nitrogen and oxygen atoms in total. The number of hydrogen-bond donors (Lipinski definition) is 1. The van der Waals surface area contributed by atoms with Gasteiger partial charge in [0.1, 0.15) is 18.3 Å². The van der Waals surface area contributed by atoms with Crippen molar-refractivity contribution in [3.8, 4) is 11.1 Å². The number of carbonyl (C=O) groups excluding carboxylic acids is 1. The first kappa shape index (κ1) is 19.5. The second-order valence-corrected chi connectivity index (χ2v) is 9.03. The summed E-state index contributed by atoms with van der Waals surface area (Å²) < 4.78 is 17.8. The first-order chi connectivity index (χ1) is 14.3. The fraction of sp³-hybridized carbons (Fsp3) is 0.458. The zero-order chi connectivity index (χ0) is 21.1. The molecule has 0 saturated carbocycles. The van der Waals surface area contributed by atoms with Crippen molar-refractivity contribution in [3.05, 3.63) is 59.7 Å². The van der Waals surface area contributed by atoms with Gasteiger partial charge in [0.25, 0.3) is 0 Å². The monoisotopic (exact) mass is 409 g/mol. The molecule has 2 saturated heterocycles. The van der Waals surface area contributed by atoms with Crippen LogP contribution in [0.4, 0.5) is 4.79 Å². The lowest BCUT2D eigenvalue weighted by Crippen LogP contribution is -2.44. The van der Waals surface area contributed by atoms with Crippen molar-refractivity contribution in [2.75, 3.05) is 19.8 Å². The Morgan fingerprint density at radius 2 is 1.70 bits per heavy atom. The molecule has 3 aliphatic rings. The van der Waals surface area contributed by atoms with Gasteiger partial charge in [0.2, 0.25) is 0 Å². The summed E-state index contributed by atoms with van der Waals surface area (Å²) in [5.74, 6) is -0.738. The highest BCUT2D eigenvalue weighted by Gasteiger charge is 2.61. The summed E-state index contributed by atoms with van der Waals surface area (Å²) in [6, 6.07) is 16.0. The second-order valence-electron chi connectivity index (χ2n) is 9.03. The first-order valence-corrected chi connectivity index (χ1v) is 10.4. The molecule has 0 radical (unpaired) electrons. The maximum atomic E-state index is 13.0. The molecule has 2 aromatic rings. The van der Waals surface area contributed by atoms with Gasteiger partial charge in [-0.05, 0) is 43.0 Å². The number of benzene rings is 2. The van der Waals surface area contributed by atoms with E-state index in [0.717, 1.165) is 0 Å². The lowest BCUT2D eigenvalue weighted by molar-refractivity contribution is -0.173. The van der Waals surface area contributed by atoms with E-state index in [-0.39, 0.29) is 19.1 Å². The van der Waals surface area contributed by atoms with E-state index in [1.54, 1.807) is 4.90 Å². The van der Waals surface area contributed by atoms with Crippen LogP contribution >= 0.6 is 0 Å². The van der Waals surface area contributed by atoms with Crippen molar-refractivity contribution in [1.29, 1.82) is 0 Å². The van der Waals surface area contributed by atoms with E-state index in [1.807, 2.05) is 45.0 Å². The third kappa shape index (κ3) is 2.94. The van der Waals surface area contributed by atoms with Crippen LogP contribution < -0.4 is 0 Å². The molecule has 2 heterocycles. The minimum Gasteiger partial charge on any atom is -0.448 e. The Bertz CT molecular complexity index is 944. The van der Waals surface area contributed by atoms with E-state index < -0.39 is 29.6 Å². The molecule has 0 bridgehead atoms. The maximum Gasteiger partial charge on any atom is 0.410 e. The number of aliphatic hydroxyl groups excluding tert-OH is 1. The Hall–Kier alpha value is -2.41. The number of carbonyl (C=O) groups is 1.